The van der Waals surface area contributed by atoms with Gasteiger partial charge in [0.05, 0.1) is 13.2 Å². The van der Waals surface area contributed by atoms with Gasteiger partial charge in [0.15, 0.2) is 0 Å². The number of hydrogen-bond donors (Lipinski definition) is 0. The molecule has 0 N–H and O–H groups in total. The largest absolute Gasteiger partial charge is 0.379 e. The first kappa shape index (κ1) is 15.0. The molecule has 0 radical (unpaired) electrons. The van der Waals surface area contributed by atoms with Gasteiger partial charge < -0.3 is 9.64 Å². The SMILES string of the molecule is O=C1CC(CBr)CN1c1ccc(CN2CCOCC2)cc1. The van der Waals surface area contributed by atoms with E-state index in [1.165, 1.54) is 5.56 Å². The van der Waals surface area contributed by atoms with E-state index in [0.29, 0.717) is 12.3 Å². The van der Waals surface area contributed by atoms with Crippen LogP contribution in [-0.2, 0) is 16.1 Å². The van der Waals surface area contributed by atoms with Crippen LogP contribution in [0.2, 0.25) is 0 Å². The topological polar surface area (TPSA) is 32.8 Å². The molecule has 1 aromatic rings. The summed E-state index contributed by atoms with van der Waals surface area (Å²) in [6.45, 7) is 5.44. The molecule has 2 aliphatic heterocycles. The second-order valence-corrected chi connectivity index (χ2v) is 6.43. The fourth-order valence-electron chi connectivity index (χ4n) is 2.93. The predicted octanol–water partition coefficient (Wildman–Crippen LogP) is 2.27. The van der Waals surface area contributed by atoms with Crippen LogP contribution in [-0.4, -0.2) is 49.0 Å². The predicted molar refractivity (Wildman–Crippen MR) is 86.8 cm³/mol. The zero-order chi connectivity index (χ0) is 14.7. The Bertz CT molecular complexity index is 486. The van der Waals surface area contributed by atoms with Gasteiger partial charge in [-0.1, -0.05) is 28.1 Å². The van der Waals surface area contributed by atoms with Gasteiger partial charge in [0.2, 0.25) is 5.91 Å². The summed E-state index contributed by atoms with van der Waals surface area (Å²) in [5.41, 5.74) is 2.32. The molecule has 3 rings (SSSR count). The second kappa shape index (κ2) is 6.90. The molecule has 0 spiro atoms. The van der Waals surface area contributed by atoms with Crippen molar-refractivity contribution in [3.05, 3.63) is 29.8 Å². The van der Waals surface area contributed by atoms with E-state index in [-0.39, 0.29) is 5.91 Å². The van der Waals surface area contributed by atoms with Crippen molar-refractivity contribution >= 4 is 27.5 Å². The Morgan fingerprint density at radius 3 is 2.52 bits per heavy atom. The highest BCUT2D eigenvalue weighted by atomic mass is 79.9. The van der Waals surface area contributed by atoms with Gasteiger partial charge in [-0.05, 0) is 23.6 Å². The third kappa shape index (κ3) is 3.65. The maximum absolute atomic E-state index is 12.0. The Kier molecular flexibility index (Phi) is 4.93. The number of nitrogens with zero attached hydrogens (tertiary/aromatic N) is 2. The molecule has 5 heteroatoms. The summed E-state index contributed by atoms with van der Waals surface area (Å²) in [5.74, 6) is 0.672. The van der Waals surface area contributed by atoms with E-state index in [2.05, 4.69) is 45.1 Å². The summed E-state index contributed by atoms with van der Waals surface area (Å²) in [5, 5.41) is 0.893. The monoisotopic (exact) mass is 352 g/mol. The molecule has 0 saturated carbocycles. The first-order valence-electron chi connectivity index (χ1n) is 7.51. The first-order chi connectivity index (χ1) is 10.3. The number of hydrogen-bond acceptors (Lipinski definition) is 3. The van der Waals surface area contributed by atoms with Crippen LogP contribution in [0.3, 0.4) is 0 Å². The standard InChI is InChI=1S/C16H21BrN2O2/c17-10-14-9-16(20)19(12-14)15-3-1-13(2-4-15)11-18-5-7-21-8-6-18/h1-4,14H,5-12H2. The lowest BCUT2D eigenvalue weighted by Gasteiger charge is -2.26. The Morgan fingerprint density at radius 1 is 1.19 bits per heavy atom. The smallest absolute Gasteiger partial charge is 0.227 e. The third-order valence-corrected chi connectivity index (χ3v) is 5.10. The molecule has 2 fully saturated rings. The molecule has 1 amide bonds. The van der Waals surface area contributed by atoms with Gasteiger partial charge in [-0.3, -0.25) is 9.69 Å². The number of carbonyl (C=O) groups excluding carboxylic acids is 1. The quantitative estimate of drug-likeness (QED) is 0.779. The maximum atomic E-state index is 12.0. The van der Waals surface area contributed by atoms with Gasteiger partial charge in [-0.15, -0.1) is 0 Å². The van der Waals surface area contributed by atoms with E-state index < -0.39 is 0 Å². The Balaban J connectivity index is 1.62. The number of amides is 1. The van der Waals surface area contributed by atoms with Gasteiger partial charge in [-0.25, -0.2) is 0 Å². The minimum Gasteiger partial charge on any atom is -0.379 e. The van der Waals surface area contributed by atoms with E-state index in [0.717, 1.165) is 50.4 Å². The number of halogens is 1. The van der Waals surface area contributed by atoms with E-state index in [4.69, 9.17) is 4.74 Å². The summed E-state index contributed by atoms with van der Waals surface area (Å²) >= 11 is 3.48. The Labute approximate surface area is 134 Å². The van der Waals surface area contributed by atoms with Crippen molar-refractivity contribution in [2.45, 2.75) is 13.0 Å². The molecule has 0 aliphatic carbocycles. The lowest BCUT2D eigenvalue weighted by atomic mass is 10.1. The van der Waals surface area contributed by atoms with Crippen molar-refractivity contribution < 1.29 is 9.53 Å². The molecular formula is C16H21BrN2O2. The Morgan fingerprint density at radius 2 is 1.90 bits per heavy atom. The van der Waals surface area contributed by atoms with Crippen LogP contribution in [0.1, 0.15) is 12.0 Å². The first-order valence-corrected chi connectivity index (χ1v) is 8.64. The Hall–Kier alpha value is -0.910. The molecule has 1 unspecified atom stereocenters. The summed E-state index contributed by atoms with van der Waals surface area (Å²) in [4.78, 5) is 16.3. The van der Waals surface area contributed by atoms with Gasteiger partial charge in [0, 0.05) is 43.6 Å². The normalized spacial score (nSPS) is 23.8. The average Bonchev–Trinajstić information content (AvgIpc) is 2.90. The minimum absolute atomic E-state index is 0.236. The summed E-state index contributed by atoms with van der Waals surface area (Å²) < 4.78 is 5.37. The van der Waals surface area contributed by atoms with E-state index >= 15 is 0 Å². The van der Waals surface area contributed by atoms with Crippen LogP contribution in [0.4, 0.5) is 5.69 Å². The van der Waals surface area contributed by atoms with Gasteiger partial charge in [0.25, 0.3) is 0 Å². The lowest BCUT2D eigenvalue weighted by Crippen LogP contribution is -2.35. The molecule has 114 valence electrons. The third-order valence-electron chi connectivity index (χ3n) is 4.18. The summed E-state index contributed by atoms with van der Waals surface area (Å²) in [6, 6.07) is 8.42. The molecular weight excluding hydrogens is 332 g/mol. The van der Waals surface area contributed by atoms with Crippen molar-refractivity contribution in [2.24, 2.45) is 5.92 Å². The van der Waals surface area contributed by atoms with Gasteiger partial charge in [-0.2, -0.15) is 0 Å². The summed E-state index contributed by atoms with van der Waals surface area (Å²) in [7, 11) is 0. The van der Waals surface area contributed by atoms with E-state index in [9.17, 15) is 4.79 Å². The fraction of sp³-hybridized carbons (Fsp3) is 0.562. The van der Waals surface area contributed by atoms with Crippen molar-refractivity contribution in [2.75, 3.05) is 43.1 Å². The number of alkyl halides is 1. The molecule has 1 atom stereocenters. The lowest BCUT2D eigenvalue weighted by molar-refractivity contribution is -0.117. The number of ether oxygens (including phenoxy) is 1. The second-order valence-electron chi connectivity index (χ2n) is 5.78. The highest BCUT2D eigenvalue weighted by Gasteiger charge is 2.29. The van der Waals surface area contributed by atoms with Crippen LogP contribution in [0.15, 0.2) is 24.3 Å². The zero-order valence-corrected chi connectivity index (χ0v) is 13.7. The zero-order valence-electron chi connectivity index (χ0n) is 12.1. The molecule has 0 bridgehead atoms. The van der Waals surface area contributed by atoms with Crippen molar-refractivity contribution in [1.29, 1.82) is 0 Å². The summed E-state index contributed by atoms with van der Waals surface area (Å²) in [6.07, 6.45) is 0.654. The van der Waals surface area contributed by atoms with Crippen LogP contribution < -0.4 is 4.90 Å². The molecule has 0 aromatic heterocycles. The molecule has 2 saturated heterocycles. The number of anilines is 1. The highest BCUT2D eigenvalue weighted by molar-refractivity contribution is 9.09. The minimum atomic E-state index is 0.236. The van der Waals surface area contributed by atoms with Crippen molar-refractivity contribution in [1.82, 2.24) is 4.90 Å². The molecule has 1 aromatic carbocycles. The van der Waals surface area contributed by atoms with Crippen LogP contribution in [0, 0.1) is 5.92 Å². The van der Waals surface area contributed by atoms with Crippen LogP contribution in [0.5, 0.6) is 0 Å². The number of carbonyl (C=O) groups is 1. The molecule has 2 aliphatic rings. The number of benzene rings is 1. The van der Waals surface area contributed by atoms with Gasteiger partial charge in [0.1, 0.15) is 0 Å². The highest BCUT2D eigenvalue weighted by Crippen LogP contribution is 2.26. The molecule has 2 heterocycles. The fourth-order valence-corrected chi connectivity index (χ4v) is 3.37. The van der Waals surface area contributed by atoms with E-state index in [1.54, 1.807) is 0 Å². The maximum Gasteiger partial charge on any atom is 0.227 e. The van der Waals surface area contributed by atoms with Crippen LogP contribution >= 0.6 is 15.9 Å². The molecule has 4 nitrogen and oxygen atoms in total. The van der Waals surface area contributed by atoms with E-state index in [1.807, 2.05) is 4.90 Å². The van der Waals surface area contributed by atoms with Crippen molar-refractivity contribution in [3.8, 4) is 0 Å². The average molecular weight is 353 g/mol. The number of morpholine rings is 1. The number of rotatable bonds is 4. The van der Waals surface area contributed by atoms with Crippen LogP contribution in [0.25, 0.3) is 0 Å². The van der Waals surface area contributed by atoms with Gasteiger partial charge >= 0.3 is 0 Å². The molecule has 21 heavy (non-hydrogen) atoms. The van der Waals surface area contributed by atoms with Crippen molar-refractivity contribution in [3.63, 3.8) is 0 Å².